The number of aryl methyl sites for hydroxylation is 2. The molecule has 4 nitrogen and oxygen atoms in total. The highest BCUT2D eigenvalue weighted by atomic mass is 35.5. The molecule has 0 saturated heterocycles. The Morgan fingerprint density at radius 2 is 1.79 bits per heavy atom. The first-order chi connectivity index (χ1) is 13.4. The molecule has 0 aliphatic carbocycles. The fourth-order valence-electron chi connectivity index (χ4n) is 3.08. The molecule has 0 saturated carbocycles. The fourth-order valence-corrected chi connectivity index (χ4v) is 4.78. The Labute approximate surface area is 187 Å². The van der Waals surface area contributed by atoms with Crippen molar-refractivity contribution in [1.82, 2.24) is 9.88 Å². The van der Waals surface area contributed by atoms with Crippen LogP contribution in [-0.4, -0.2) is 48.7 Å². The Kier molecular flexibility index (Phi) is 8.52. The summed E-state index contributed by atoms with van der Waals surface area (Å²) in [5.41, 5.74) is 4.07. The van der Waals surface area contributed by atoms with Crippen LogP contribution in [0.15, 0.2) is 41.3 Å². The van der Waals surface area contributed by atoms with Crippen molar-refractivity contribution in [2.24, 2.45) is 0 Å². The standard InChI is InChI=1S/C22H27N3OS2.ClH/c1-6-27-18-9-7-17(8-10-18)21(26)25(12-11-24(4)5)22-23-19-14-15(2)13-16(3)20(19)28-22;/h7-10,13-14H,6,11-12H2,1-5H3;1H. The van der Waals surface area contributed by atoms with E-state index in [4.69, 9.17) is 4.98 Å². The first kappa shape index (κ1) is 23.7. The molecule has 0 aliphatic rings. The second-order valence-corrected chi connectivity index (χ2v) is 9.46. The van der Waals surface area contributed by atoms with Crippen molar-refractivity contribution in [3.63, 3.8) is 0 Å². The second-order valence-electron chi connectivity index (χ2n) is 7.14. The molecule has 0 radical (unpaired) electrons. The molecule has 0 atom stereocenters. The summed E-state index contributed by atoms with van der Waals surface area (Å²) in [6, 6.07) is 12.2. The lowest BCUT2D eigenvalue weighted by Gasteiger charge is -2.22. The highest BCUT2D eigenvalue weighted by Crippen LogP contribution is 2.33. The summed E-state index contributed by atoms with van der Waals surface area (Å²) in [6.45, 7) is 7.70. The number of likely N-dealkylation sites (N-methyl/N-ethyl adjacent to an activating group) is 1. The summed E-state index contributed by atoms with van der Waals surface area (Å²) < 4.78 is 1.15. The highest BCUT2D eigenvalue weighted by Gasteiger charge is 2.22. The van der Waals surface area contributed by atoms with E-state index in [2.05, 4.69) is 37.8 Å². The van der Waals surface area contributed by atoms with Crippen LogP contribution in [0, 0.1) is 13.8 Å². The molecule has 2 aromatic carbocycles. The van der Waals surface area contributed by atoms with Crippen molar-refractivity contribution in [2.45, 2.75) is 25.7 Å². The van der Waals surface area contributed by atoms with Gasteiger partial charge in [-0.25, -0.2) is 4.98 Å². The van der Waals surface area contributed by atoms with E-state index < -0.39 is 0 Å². The predicted octanol–water partition coefficient (Wildman–Crippen LogP) is 5.66. The van der Waals surface area contributed by atoms with Gasteiger partial charge in [0.2, 0.25) is 0 Å². The smallest absolute Gasteiger partial charge is 0.260 e. The number of hydrogen-bond acceptors (Lipinski definition) is 5. The van der Waals surface area contributed by atoms with Crippen LogP contribution in [0.25, 0.3) is 10.2 Å². The predicted molar refractivity (Wildman–Crippen MR) is 129 cm³/mol. The number of carbonyl (C=O) groups is 1. The van der Waals surface area contributed by atoms with Crippen LogP contribution in [0.3, 0.4) is 0 Å². The normalized spacial score (nSPS) is 11.0. The third kappa shape index (κ3) is 5.72. The molecule has 0 bridgehead atoms. The molecular weight excluding hydrogens is 422 g/mol. The van der Waals surface area contributed by atoms with E-state index in [1.165, 1.54) is 16.0 Å². The van der Waals surface area contributed by atoms with Crippen molar-refractivity contribution < 1.29 is 4.79 Å². The Morgan fingerprint density at radius 3 is 2.41 bits per heavy atom. The summed E-state index contributed by atoms with van der Waals surface area (Å²) in [5.74, 6) is 1.02. The molecule has 3 rings (SSSR count). The quantitative estimate of drug-likeness (QED) is 0.436. The number of nitrogens with zero attached hydrogens (tertiary/aromatic N) is 3. The molecular formula is C22H28ClN3OS2. The lowest BCUT2D eigenvalue weighted by molar-refractivity contribution is 0.0985. The molecule has 1 heterocycles. The largest absolute Gasteiger partial charge is 0.308 e. The lowest BCUT2D eigenvalue weighted by atomic mass is 10.1. The first-order valence-corrected chi connectivity index (χ1v) is 11.3. The minimum Gasteiger partial charge on any atom is -0.308 e. The van der Waals surface area contributed by atoms with Gasteiger partial charge in [-0.05, 0) is 75.2 Å². The average Bonchev–Trinajstić information content (AvgIpc) is 3.06. The van der Waals surface area contributed by atoms with E-state index >= 15 is 0 Å². The van der Waals surface area contributed by atoms with E-state index in [0.717, 1.165) is 27.6 Å². The van der Waals surface area contributed by atoms with Gasteiger partial charge < -0.3 is 4.90 Å². The zero-order valence-electron chi connectivity index (χ0n) is 17.6. The van der Waals surface area contributed by atoms with Crippen LogP contribution < -0.4 is 4.90 Å². The van der Waals surface area contributed by atoms with Crippen LogP contribution >= 0.6 is 35.5 Å². The van der Waals surface area contributed by atoms with Gasteiger partial charge in [0.05, 0.1) is 10.2 Å². The molecule has 0 aliphatic heterocycles. The van der Waals surface area contributed by atoms with E-state index in [0.29, 0.717) is 12.1 Å². The summed E-state index contributed by atoms with van der Waals surface area (Å²) in [4.78, 5) is 23.2. The van der Waals surface area contributed by atoms with Gasteiger partial charge in [-0.3, -0.25) is 9.69 Å². The fraction of sp³-hybridized carbons (Fsp3) is 0.364. The van der Waals surface area contributed by atoms with Crippen molar-refractivity contribution in [3.05, 3.63) is 53.1 Å². The van der Waals surface area contributed by atoms with Gasteiger partial charge in [0, 0.05) is 23.5 Å². The Bertz CT molecular complexity index is 970. The van der Waals surface area contributed by atoms with Crippen molar-refractivity contribution in [2.75, 3.05) is 37.8 Å². The molecule has 0 spiro atoms. The minimum atomic E-state index is 0. The maximum Gasteiger partial charge on any atom is 0.260 e. The van der Waals surface area contributed by atoms with Crippen LogP contribution in [-0.2, 0) is 0 Å². The van der Waals surface area contributed by atoms with Crippen molar-refractivity contribution in [3.8, 4) is 0 Å². The number of thioether (sulfide) groups is 1. The number of benzene rings is 2. The second kappa shape index (κ2) is 10.4. The molecule has 1 aromatic heterocycles. The SMILES string of the molecule is CCSc1ccc(C(=O)N(CCN(C)C)c2nc3cc(C)cc(C)c3s2)cc1.Cl. The Balaban J connectivity index is 0.00000300. The first-order valence-electron chi connectivity index (χ1n) is 9.46. The van der Waals surface area contributed by atoms with Gasteiger partial charge in [-0.15, -0.1) is 24.2 Å². The maximum absolute atomic E-state index is 13.3. The Morgan fingerprint density at radius 1 is 1.10 bits per heavy atom. The van der Waals surface area contributed by atoms with Crippen LogP contribution in [0.5, 0.6) is 0 Å². The zero-order valence-corrected chi connectivity index (χ0v) is 20.0. The number of amides is 1. The van der Waals surface area contributed by atoms with Gasteiger partial charge >= 0.3 is 0 Å². The van der Waals surface area contributed by atoms with Crippen LogP contribution in [0.1, 0.15) is 28.4 Å². The number of anilines is 1. The molecule has 7 heteroatoms. The van der Waals surface area contributed by atoms with Gasteiger partial charge in [-0.2, -0.15) is 0 Å². The van der Waals surface area contributed by atoms with Crippen molar-refractivity contribution >= 4 is 56.8 Å². The number of aromatic nitrogens is 1. The molecule has 0 fully saturated rings. The van der Waals surface area contributed by atoms with Crippen molar-refractivity contribution in [1.29, 1.82) is 0 Å². The highest BCUT2D eigenvalue weighted by molar-refractivity contribution is 7.99. The summed E-state index contributed by atoms with van der Waals surface area (Å²) >= 11 is 3.38. The van der Waals surface area contributed by atoms with Crippen LogP contribution in [0.4, 0.5) is 5.13 Å². The number of rotatable bonds is 7. The van der Waals surface area contributed by atoms with Gasteiger partial charge in [-0.1, -0.05) is 24.3 Å². The van der Waals surface area contributed by atoms with E-state index in [1.54, 1.807) is 23.1 Å². The number of fused-ring (bicyclic) bond motifs is 1. The monoisotopic (exact) mass is 449 g/mol. The number of thiazole rings is 1. The third-order valence-corrected chi connectivity index (χ3v) is 6.59. The molecule has 0 unspecified atom stereocenters. The average molecular weight is 450 g/mol. The molecule has 156 valence electrons. The van der Waals surface area contributed by atoms with Gasteiger partial charge in [0.1, 0.15) is 0 Å². The van der Waals surface area contributed by atoms with E-state index in [1.807, 2.05) is 43.3 Å². The maximum atomic E-state index is 13.3. The van der Waals surface area contributed by atoms with E-state index in [-0.39, 0.29) is 18.3 Å². The summed E-state index contributed by atoms with van der Waals surface area (Å²) in [7, 11) is 4.04. The van der Waals surface area contributed by atoms with Crippen LogP contribution in [0.2, 0.25) is 0 Å². The topological polar surface area (TPSA) is 36.4 Å². The number of halogens is 1. The van der Waals surface area contributed by atoms with E-state index in [9.17, 15) is 4.79 Å². The lowest BCUT2D eigenvalue weighted by Crippen LogP contribution is -2.36. The molecule has 1 amide bonds. The summed E-state index contributed by atoms with van der Waals surface area (Å²) in [5, 5.41) is 0.766. The number of carbonyl (C=O) groups excluding carboxylic acids is 1. The molecule has 3 aromatic rings. The molecule has 0 N–H and O–H groups in total. The van der Waals surface area contributed by atoms with Gasteiger partial charge in [0.15, 0.2) is 5.13 Å². The third-order valence-electron chi connectivity index (χ3n) is 4.47. The molecule has 29 heavy (non-hydrogen) atoms. The minimum absolute atomic E-state index is 0. The Hall–Kier alpha value is -1.60. The summed E-state index contributed by atoms with van der Waals surface area (Å²) in [6.07, 6.45) is 0. The van der Waals surface area contributed by atoms with Gasteiger partial charge in [0.25, 0.3) is 5.91 Å². The number of hydrogen-bond donors (Lipinski definition) is 0. The zero-order chi connectivity index (χ0) is 20.3.